The molecule has 8 nitrogen and oxygen atoms in total. The molecule has 1 aliphatic rings. The summed E-state index contributed by atoms with van der Waals surface area (Å²) in [5.41, 5.74) is -0.101. The molecule has 2 unspecified atom stereocenters. The highest BCUT2D eigenvalue weighted by molar-refractivity contribution is 5.81. The van der Waals surface area contributed by atoms with Gasteiger partial charge in [-0.15, -0.1) is 10.2 Å². The predicted octanol–water partition coefficient (Wildman–Crippen LogP) is 1.72. The number of amides is 1. The van der Waals surface area contributed by atoms with Crippen LogP contribution < -0.4 is 10.9 Å². The second-order valence-electron chi connectivity index (χ2n) is 6.56. The molecule has 0 spiro atoms. The van der Waals surface area contributed by atoms with E-state index >= 15 is 0 Å². The van der Waals surface area contributed by atoms with Gasteiger partial charge in [-0.2, -0.15) is 0 Å². The Morgan fingerprint density at radius 3 is 2.88 bits per heavy atom. The van der Waals surface area contributed by atoms with Crippen LogP contribution in [0.4, 0.5) is 0 Å². The van der Waals surface area contributed by atoms with Crippen LogP contribution >= 0.6 is 0 Å². The molecule has 1 saturated carbocycles. The van der Waals surface area contributed by atoms with Crippen molar-refractivity contribution >= 4 is 11.6 Å². The standard InChI is InChI=1S/C17H25N5O3/c1-3-13(25-12-7-5-4-6-8-12)16(23)19-11(2)14-20-21-15-17(24)18-9-10-22(14)15/h9-13H,3-8H2,1-2H3,(H,18,24)(H,19,23). The van der Waals surface area contributed by atoms with Crippen molar-refractivity contribution in [3.05, 3.63) is 28.6 Å². The van der Waals surface area contributed by atoms with E-state index in [1.54, 1.807) is 10.6 Å². The van der Waals surface area contributed by atoms with Crippen LogP contribution in [0.5, 0.6) is 0 Å². The molecule has 2 aromatic rings. The van der Waals surface area contributed by atoms with E-state index in [0.717, 1.165) is 12.8 Å². The molecule has 0 aromatic carbocycles. The first-order valence-corrected chi connectivity index (χ1v) is 8.98. The highest BCUT2D eigenvalue weighted by Crippen LogP contribution is 2.22. The quantitative estimate of drug-likeness (QED) is 0.828. The van der Waals surface area contributed by atoms with Gasteiger partial charge in [0.15, 0.2) is 5.82 Å². The molecule has 0 radical (unpaired) electrons. The lowest BCUT2D eigenvalue weighted by Crippen LogP contribution is -2.40. The van der Waals surface area contributed by atoms with Crippen LogP contribution in [0.3, 0.4) is 0 Å². The molecular weight excluding hydrogens is 322 g/mol. The SMILES string of the molecule is CCC(OC1CCCCC1)C(=O)NC(C)c1nnc2c(=O)[nH]ccn12. The number of aromatic amines is 1. The van der Waals surface area contributed by atoms with Crippen molar-refractivity contribution in [1.29, 1.82) is 0 Å². The Morgan fingerprint density at radius 1 is 1.40 bits per heavy atom. The summed E-state index contributed by atoms with van der Waals surface area (Å²) in [5.74, 6) is 0.365. The summed E-state index contributed by atoms with van der Waals surface area (Å²) < 4.78 is 7.61. The third-order valence-electron chi connectivity index (χ3n) is 4.68. The molecule has 0 bridgehead atoms. The smallest absolute Gasteiger partial charge is 0.293 e. The molecule has 25 heavy (non-hydrogen) atoms. The molecule has 2 heterocycles. The Hall–Kier alpha value is -2.22. The van der Waals surface area contributed by atoms with E-state index < -0.39 is 6.10 Å². The van der Waals surface area contributed by atoms with Crippen LogP contribution in [0.1, 0.15) is 64.2 Å². The number of carbonyl (C=O) groups is 1. The fraction of sp³-hybridized carbons (Fsp3) is 0.647. The van der Waals surface area contributed by atoms with Crippen LogP contribution in [0, 0.1) is 0 Å². The van der Waals surface area contributed by atoms with Gasteiger partial charge < -0.3 is 15.0 Å². The number of nitrogens with zero attached hydrogens (tertiary/aromatic N) is 3. The Morgan fingerprint density at radius 2 is 2.16 bits per heavy atom. The van der Waals surface area contributed by atoms with Crippen LogP contribution in [0.2, 0.25) is 0 Å². The van der Waals surface area contributed by atoms with Crippen molar-refractivity contribution < 1.29 is 9.53 Å². The van der Waals surface area contributed by atoms with E-state index in [9.17, 15) is 9.59 Å². The number of hydrogen-bond acceptors (Lipinski definition) is 5. The van der Waals surface area contributed by atoms with Crippen molar-refractivity contribution in [3.8, 4) is 0 Å². The molecule has 3 rings (SSSR count). The normalized spacial score (nSPS) is 18.2. The summed E-state index contributed by atoms with van der Waals surface area (Å²) in [6.45, 7) is 3.77. The molecule has 2 atom stereocenters. The summed E-state index contributed by atoms with van der Waals surface area (Å²) in [7, 11) is 0. The maximum absolute atomic E-state index is 12.6. The zero-order valence-corrected chi connectivity index (χ0v) is 14.7. The highest BCUT2D eigenvalue weighted by Gasteiger charge is 2.26. The van der Waals surface area contributed by atoms with Crippen molar-refractivity contribution in [1.82, 2.24) is 24.9 Å². The molecule has 136 valence electrons. The van der Waals surface area contributed by atoms with Gasteiger partial charge in [-0.3, -0.25) is 14.0 Å². The minimum atomic E-state index is -0.465. The summed E-state index contributed by atoms with van der Waals surface area (Å²) >= 11 is 0. The molecule has 1 aliphatic carbocycles. The minimum Gasteiger partial charge on any atom is -0.365 e. The largest absolute Gasteiger partial charge is 0.365 e. The van der Waals surface area contributed by atoms with Crippen molar-refractivity contribution in [2.75, 3.05) is 0 Å². The predicted molar refractivity (Wildman–Crippen MR) is 92.2 cm³/mol. The average molecular weight is 347 g/mol. The van der Waals surface area contributed by atoms with Gasteiger partial charge >= 0.3 is 0 Å². The fourth-order valence-electron chi connectivity index (χ4n) is 3.30. The van der Waals surface area contributed by atoms with Gasteiger partial charge in [0.1, 0.15) is 6.10 Å². The number of H-pyrrole nitrogens is 1. The van der Waals surface area contributed by atoms with Gasteiger partial charge in [-0.25, -0.2) is 0 Å². The molecule has 2 aromatic heterocycles. The Balaban J connectivity index is 1.67. The fourth-order valence-corrected chi connectivity index (χ4v) is 3.30. The zero-order chi connectivity index (χ0) is 17.8. The number of aromatic nitrogens is 4. The second kappa shape index (κ2) is 7.77. The van der Waals surface area contributed by atoms with E-state index in [1.165, 1.54) is 25.5 Å². The van der Waals surface area contributed by atoms with E-state index in [-0.39, 0.29) is 29.3 Å². The molecule has 0 aliphatic heterocycles. The maximum atomic E-state index is 12.6. The Labute approximate surface area is 146 Å². The number of carbonyl (C=O) groups excluding carboxylic acids is 1. The van der Waals surface area contributed by atoms with Crippen molar-refractivity contribution in [3.63, 3.8) is 0 Å². The summed E-state index contributed by atoms with van der Waals surface area (Å²) in [6, 6.07) is -0.381. The summed E-state index contributed by atoms with van der Waals surface area (Å²) in [6.07, 6.45) is 9.16. The van der Waals surface area contributed by atoms with Crippen LogP contribution in [0.25, 0.3) is 5.65 Å². The van der Waals surface area contributed by atoms with Crippen molar-refractivity contribution in [2.45, 2.75) is 70.6 Å². The van der Waals surface area contributed by atoms with Crippen molar-refractivity contribution in [2.24, 2.45) is 0 Å². The lowest BCUT2D eigenvalue weighted by molar-refractivity contribution is -0.139. The first-order chi connectivity index (χ1) is 12.1. The number of ether oxygens (including phenoxy) is 1. The lowest BCUT2D eigenvalue weighted by atomic mass is 9.97. The number of hydrogen-bond donors (Lipinski definition) is 2. The third kappa shape index (κ3) is 3.89. The van der Waals surface area contributed by atoms with Crippen LogP contribution in [0.15, 0.2) is 17.2 Å². The first-order valence-electron chi connectivity index (χ1n) is 8.98. The average Bonchev–Trinajstić information content (AvgIpc) is 3.06. The molecular formula is C17H25N5O3. The Bertz CT molecular complexity index is 778. The number of rotatable bonds is 6. The number of fused-ring (bicyclic) bond motifs is 1. The second-order valence-corrected chi connectivity index (χ2v) is 6.56. The van der Waals surface area contributed by atoms with E-state index in [2.05, 4.69) is 20.5 Å². The lowest BCUT2D eigenvalue weighted by Gasteiger charge is -2.27. The topological polar surface area (TPSA) is 101 Å². The number of nitrogens with one attached hydrogen (secondary N) is 2. The van der Waals surface area contributed by atoms with Gasteiger partial charge in [0.25, 0.3) is 5.56 Å². The summed E-state index contributed by atoms with van der Waals surface area (Å²) in [4.78, 5) is 26.9. The summed E-state index contributed by atoms with van der Waals surface area (Å²) in [5, 5.41) is 10.9. The van der Waals surface area contributed by atoms with Gasteiger partial charge in [0, 0.05) is 12.4 Å². The molecule has 8 heteroatoms. The molecule has 0 saturated heterocycles. The van der Waals surface area contributed by atoms with Gasteiger partial charge in [-0.05, 0) is 26.2 Å². The van der Waals surface area contributed by atoms with Crippen LogP contribution in [-0.4, -0.2) is 37.7 Å². The van der Waals surface area contributed by atoms with E-state index in [1.807, 2.05) is 13.8 Å². The van der Waals surface area contributed by atoms with E-state index in [4.69, 9.17) is 4.74 Å². The van der Waals surface area contributed by atoms with Gasteiger partial charge in [0.05, 0.1) is 12.1 Å². The van der Waals surface area contributed by atoms with Crippen LogP contribution in [-0.2, 0) is 9.53 Å². The Kier molecular flexibility index (Phi) is 5.47. The maximum Gasteiger partial charge on any atom is 0.293 e. The third-order valence-corrected chi connectivity index (χ3v) is 4.68. The zero-order valence-electron chi connectivity index (χ0n) is 14.7. The molecule has 2 N–H and O–H groups in total. The minimum absolute atomic E-state index is 0.151. The first kappa shape index (κ1) is 17.6. The molecule has 1 fully saturated rings. The van der Waals surface area contributed by atoms with E-state index in [0.29, 0.717) is 12.2 Å². The van der Waals surface area contributed by atoms with Gasteiger partial charge in [0.2, 0.25) is 11.6 Å². The molecule has 1 amide bonds. The highest BCUT2D eigenvalue weighted by atomic mass is 16.5. The van der Waals surface area contributed by atoms with Gasteiger partial charge in [-0.1, -0.05) is 26.2 Å². The monoisotopic (exact) mass is 347 g/mol.